The summed E-state index contributed by atoms with van der Waals surface area (Å²) in [5.41, 5.74) is 7.50. The average Bonchev–Trinajstić information content (AvgIpc) is 2.74. The molecule has 0 atom stereocenters. The molecule has 20 heavy (non-hydrogen) atoms. The highest BCUT2D eigenvalue weighted by Crippen LogP contribution is 2.14. The second-order valence-electron chi connectivity index (χ2n) is 3.98. The molecule has 0 bridgehead atoms. The van der Waals surface area contributed by atoms with Crippen molar-refractivity contribution in [1.29, 1.82) is 0 Å². The van der Waals surface area contributed by atoms with E-state index in [0.29, 0.717) is 17.8 Å². The number of nitrogens with zero attached hydrogens (tertiary/aromatic N) is 3. The predicted octanol–water partition coefficient (Wildman–Crippen LogP) is 2.54. The molecule has 2 rings (SSSR count). The molecule has 0 spiro atoms. The second-order valence-corrected chi connectivity index (χ2v) is 5.04. The highest BCUT2D eigenvalue weighted by Gasteiger charge is 2.15. The zero-order chi connectivity index (χ0) is 13.1. The van der Waals surface area contributed by atoms with Gasteiger partial charge in [0.2, 0.25) is 0 Å². The van der Waals surface area contributed by atoms with Crippen LogP contribution in [0.5, 0.6) is 0 Å². The fourth-order valence-electron chi connectivity index (χ4n) is 1.59. The maximum atomic E-state index is 12.2. The number of hydrogen-bond acceptors (Lipinski definition) is 5. The number of nitrogens with two attached hydrogens (primary N) is 1. The van der Waals surface area contributed by atoms with Crippen molar-refractivity contribution >= 4 is 47.7 Å². The van der Waals surface area contributed by atoms with Gasteiger partial charge in [0.05, 0.1) is 22.8 Å². The number of aryl methyl sites for hydroxylation is 1. The molecule has 8 heteroatoms. The molecule has 0 radical (unpaired) electrons. The number of hydrogen-bond donors (Lipinski definition) is 1. The normalized spacial score (nSPS) is 9.30. The Bertz CT molecular complexity index is 576. The van der Waals surface area contributed by atoms with E-state index < -0.39 is 0 Å². The molecule has 110 valence electrons. The Hall–Kier alpha value is -1.37. The number of halogens is 2. The Kier molecular flexibility index (Phi) is 7.49. The summed E-state index contributed by atoms with van der Waals surface area (Å²) in [6, 6.07) is 1.62. The summed E-state index contributed by atoms with van der Waals surface area (Å²) in [6.45, 7) is 2.41. The number of carbonyl (C=O) groups excluding carboxylic acids is 1. The number of anilines is 1. The molecule has 0 aliphatic carbocycles. The van der Waals surface area contributed by atoms with E-state index in [1.54, 1.807) is 35.5 Å². The first kappa shape index (κ1) is 18.6. The van der Waals surface area contributed by atoms with Crippen LogP contribution in [0.3, 0.4) is 0 Å². The number of thiazole rings is 1. The molecule has 2 N–H and O–H groups in total. The van der Waals surface area contributed by atoms with Gasteiger partial charge < -0.3 is 10.6 Å². The minimum absolute atomic E-state index is 0. The van der Waals surface area contributed by atoms with E-state index in [4.69, 9.17) is 5.73 Å². The van der Waals surface area contributed by atoms with Crippen LogP contribution in [-0.4, -0.2) is 27.8 Å². The van der Waals surface area contributed by atoms with Crippen LogP contribution in [0.2, 0.25) is 0 Å². The Morgan fingerprint density at radius 3 is 2.70 bits per heavy atom. The monoisotopic (exact) mass is 334 g/mol. The largest absolute Gasteiger partial charge is 0.398 e. The number of aromatic nitrogens is 2. The lowest BCUT2D eigenvalue weighted by molar-refractivity contribution is 0.0784. The fourth-order valence-corrected chi connectivity index (χ4v) is 2.19. The quantitative estimate of drug-likeness (QED) is 0.936. The van der Waals surface area contributed by atoms with Gasteiger partial charge in [0.15, 0.2) is 0 Å². The van der Waals surface area contributed by atoms with Crippen molar-refractivity contribution < 1.29 is 4.79 Å². The highest BCUT2D eigenvalue weighted by molar-refractivity contribution is 7.09. The average molecular weight is 335 g/mol. The first-order valence-corrected chi connectivity index (χ1v) is 6.32. The number of nitrogen functional groups attached to an aromatic ring is 1. The molecular weight excluding hydrogens is 319 g/mol. The van der Waals surface area contributed by atoms with Crippen LogP contribution >= 0.6 is 36.2 Å². The Morgan fingerprint density at radius 1 is 1.45 bits per heavy atom. The molecule has 0 unspecified atom stereocenters. The molecule has 2 aromatic rings. The number of rotatable bonds is 3. The minimum atomic E-state index is -0.147. The van der Waals surface area contributed by atoms with Crippen molar-refractivity contribution in [2.75, 3.05) is 12.8 Å². The topological polar surface area (TPSA) is 72.1 Å². The molecular formula is C12H16Cl2N4OS. The SMILES string of the molecule is Cc1nc(CN(C)C(=O)c2cnccc2N)cs1.Cl.Cl. The maximum Gasteiger partial charge on any atom is 0.257 e. The molecule has 0 aromatic carbocycles. The Balaban J connectivity index is 0.00000180. The number of carbonyl (C=O) groups is 1. The number of amides is 1. The first-order chi connectivity index (χ1) is 8.58. The van der Waals surface area contributed by atoms with Crippen molar-refractivity contribution in [3.63, 3.8) is 0 Å². The third kappa shape index (κ3) is 4.33. The van der Waals surface area contributed by atoms with Crippen molar-refractivity contribution in [2.45, 2.75) is 13.5 Å². The van der Waals surface area contributed by atoms with Gasteiger partial charge in [-0.3, -0.25) is 9.78 Å². The first-order valence-electron chi connectivity index (χ1n) is 5.44. The lowest BCUT2D eigenvalue weighted by Gasteiger charge is -2.16. The van der Waals surface area contributed by atoms with Gasteiger partial charge in [-0.15, -0.1) is 36.2 Å². The van der Waals surface area contributed by atoms with E-state index in [0.717, 1.165) is 10.7 Å². The molecule has 0 aliphatic heterocycles. The molecule has 0 fully saturated rings. The molecule has 2 aromatic heterocycles. The summed E-state index contributed by atoms with van der Waals surface area (Å²) in [4.78, 5) is 22.0. The van der Waals surface area contributed by atoms with Gasteiger partial charge in [0, 0.05) is 30.5 Å². The van der Waals surface area contributed by atoms with E-state index in [1.165, 1.54) is 6.20 Å². The lowest BCUT2D eigenvalue weighted by Crippen LogP contribution is -2.27. The van der Waals surface area contributed by atoms with Crippen LogP contribution in [0.25, 0.3) is 0 Å². The summed E-state index contributed by atoms with van der Waals surface area (Å²) >= 11 is 1.57. The van der Waals surface area contributed by atoms with E-state index in [-0.39, 0.29) is 30.7 Å². The van der Waals surface area contributed by atoms with Crippen molar-refractivity contribution in [1.82, 2.24) is 14.9 Å². The molecule has 1 amide bonds. The molecule has 0 aliphatic rings. The van der Waals surface area contributed by atoms with Gasteiger partial charge in [0.1, 0.15) is 0 Å². The summed E-state index contributed by atoms with van der Waals surface area (Å²) < 4.78 is 0. The third-order valence-electron chi connectivity index (χ3n) is 2.50. The van der Waals surface area contributed by atoms with Gasteiger partial charge >= 0.3 is 0 Å². The standard InChI is InChI=1S/C12H14N4OS.2ClH/c1-8-15-9(7-18-8)6-16(2)12(17)10-5-14-4-3-11(10)13;;/h3-5,7H,6H2,1-2H3,(H2,13,14);2*1H. The maximum absolute atomic E-state index is 12.2. The van der Waals surface area contributed by atoms with Crippen LogP contribution in [0.4, 0.5) is 5.69 Å². The van der Waals surface area contributed by atoms with E-state index in [2.05, 4.69) is 9.97 Å². The second kappa shape index (κ2) is 8.04. The summed E-state index contributed by atoms with van der Waals surface area (Å²) in [5, 5.41) is 2.94. The van der Waals surface area contributed by atoms with Crippen LogP contribution in [0.1, 0.15) is 21.1 Å². The van der Waals surface area contributed by atoms with Crippen molar-refractivity contribution in [3.8, 4) is 0 Å². The van der Waals surface area contributed by atoms with Gasteiger partial charge in [-0.25, -0.2) is 4.98 Å². The van der Waals surface area contributed by atoms with Gasteiger partial charge in [-0.2, -0.15) is 0 Å². The smallest absolute Gasteiger partial charge is 0.257 e. The number of pyridine rings is 1. The Morgan fingerprint density at radius 2 is 2.15 bits per heavy atom. The molecule has 5 nitrogen and oxygen atoms in total. The van der Waals surface area contributed by atoms with E-state index in [1.807, 2.05) is 12.3 Å². The Labute approximate surface area is 134 Å². The summed E-state index contributed by atoms with van der Waals surface area (Å²) in [5.74, 6) is -0.147. The van der Waals surface area contributed by atoms with Crippen LogP contribution in [-0.2, 0) is 6.54 Å². The highest BCUT2D eigenvalue weighted by atomic mass is 35.5. The lowest BCUT2D eigenvalue weighted by atomic mass is 10.2. The fraction of sp³-hybridized carbons (Fsp3) is 0.250. The van der Waals surface area contributed by atoms with Crippen molar-refractivity contribution in [2.24, 2.45) is 0 Å². The molecule has 2 heterocycles. The van der Waals surface area contributed by atoms with Crippen LogP contribution in [0, 0.1) is 6.92 Å². The molecule has 0 saturated heterocycles. The van der Waals surface area contributed by atoms with Gasteiger partial charge in [0.25, 0.3) is 5.91 Å². The zero-order valence-corrected chi connectivity index (χ0v) is 13.5. The van der Waals surface area contributed by atoms with Gasteiger partial charge in [-0.05, 0) is 13.0 Å². The van der Waals surface area contributed by atoms with Crippen LogP contribution < -0.4 is 5.73 Å². The van der Waals surface area contributed by atoms with Crippen LogP contribution in [0.15, 0.2) is 23.8 Å². The third-order valence-corrected chi connectivity index (χ3v) is 3.32. The van der Waals surface area contributed by atoms with Crippen molar-refractivity contribution in [3.05, 3.63) is 40.1 Å². The minimum Gasteiger partial charge on any atom is -0.398 e. The molecule has 0 saturated carbocycles. The van der Waals surface area contributed by atoms with Gasteiger partial charge in [-0.1, -0.05) is 0 Å². The summed E-state index contributed by atoms with van der Waals surface area (Å²) in [7, 11) is 1.73. The van der Waals surface area contributed by atoms with E-state index >= 15 is 0 Å². The predicted molar refractivity (Wildman–Crippen MR) is 85.8 cm³/mol. The van der Waals surface area contributed by atoms with E-state index in [9.17, 15) is 4.79 Å². The zero-order valence-electron chi connectivity index (χ0n) is 11.1. The summed E-state index contributed by atoms with van der Waals surface area (Å²) in [6.07, 6.45) is 3.05.